The summed E-state index contributed by atoms with van der Waals surface area (Å²) in [6, 6.07) is 0.222. The van der Waals surface area contributed by atoms with Crippen molar-refractivity contribution < 1.29 is 5.21 Å². The number of oxime groups is 1. The van der Waals surface area contributed by atoms with Crippen molar-refractivity contribution >= 4 is 17.2 Å². The molecule has 0 aromatic carbocycles. The Labute approximate surface area is 99.4 Å². The van der Waals surface area contributed by atoms with Crippen LogP contribution in [0.2, 0.25) is 0 Å². The number of hydrogen-bond acceptors (Lipinski definition) is 5. The number of hydrogen-bond donors (Lipinski definition) is 3. The average Bonchev–Trinajstić information content (AvgIpc) is 2.69. The molecule has 0 radical (unpaired) electrons. The van der Waals surface area contributed by atoms with E-state index in [9.17, 15) is 0 Å². The van der Waals surface area contributed by atoms with Gasteiger partial charge in [0.2, 0.25) is 0 Å². The summed E-state index contributed by atoms with van der Waals surface area (Å²) in [5.74, 6) is 0.259. The Hall–Kier alpha value is -1.14. The van der Waals surface area contributed by atoms with Crippen molar-refractivity contribution in [3.8, 4) is 0 Å². The van der Waals surface area contributed by atoms with Crippen LogP contribution in [0.1, 0.15) is 30.5 Å². The molecule has 5 nitrogen and oxygen atoms in total. The van der Waals surface area contributed by atoms with Crippen molar-refractivity contribution in [1.29, 1.82) is 0 Å². The lowest BCUT2D eigenvalue weighted by Gasteiger charge is -2.14. The van der Waals surface area contributed by atoms with E-state index in [-0.39, 0.29) is 11.9 Å². The molecule has 1 rings (SSSR count). The van der Waals surface area contributed by atoms with E-state index in [2.05, 4.69) is 22.4 Å². The van der Waals surface area contributed by atoms with Crippen molar-refractivity contribution in [2.75, 3.05) is 0 Å². The molecule has 0 bridgehead atoms. The van der Waals surface area contributed by atoms with Gasteiger partial charge in [0.15, 0.2) is 0 Å². The molecular weight excluding hydrogens is 224 g/mol. The van der Waals surface area contributed by atoms with Crippen molar-refractivity contribution in [3.63, 3.8) is 0 Å². The number of nitrogens with zero attached hydrogens (tertiary/aromatic N) is 2. The van der Waals surface area contributed by atoms with Gasteiger partial charge in [0.05, 0.1) is 0 Å². The first-order chi connectivity index (χ1) is 7.65. The van der Waals surface area contributed by atoms with Crippen LogP contribution in [0, 0.1) is 6.92 Å². The van der Waals surface area contributed by atoms with E-state index in [1.807, 2.05) is 12.3 Å². The van der Waals surface area contributed by atoms with Gasteiger partial charge in [0, 0.05) is 30.1 Å². The van der Waals surface area contributed by atoms with Gasteiger partial charge in [-0.2, -0.15) is 0 Å². The maximum Gasteiger partial charge on any atom is 0.140 e. The summed E-state index contributed by atoms with van der Waals surface area (Å²) in [4.78, 5) is 4.36. The molecule has 1 aromatic rings. The second kappa shape index (κ2) is 6.44. The van der Waals surface area contributed by atoms with E-state index in [0.717, 1.165) is 23.7 Å². The molecule has 1 atom stereocenters. The Morgan fingerprint density at radius 2 is 2.50 bits per heavy atom. The number of rotatable bonds is 6. The van der Waals surface area contributed by atoms with Gasteiger partial charge in [-0.05, 0) is 13.3 Å². The van der Waals surface area contributed by atoms with Crippen molar-refractivity contribution in [1.82, 2.24) is 10.3 Å². The number of nitrogens with one attached hydrogen (secondary N) is 1. The zero-order chi connectivity index (χ0) is 12.0. The third-order valence-corrected chi connectivity index (χ3v) is 3.25. The second-order valence-corrected chi connectivity index (χ2v) is 4.61. The second-order valence-electron chi connectivity index (χ2n) is 3.66. The third-order valence-electron chi connectivity index (χ3n) is 2.29. The number of aryl methyl sites for hydroxylation is 1. The molecular formula is C10H18N4OS. The van der Waals surface area contributed by atoms with E-state index >= 15 is 0 Å². The minimum atomic E-state index is 0.222. The molecule has 0 aliphatic rings. The summed E-state index contributed by atoms with van der Waals surface area (Å²) >= 11 is 1.64. The number of aromatic nitrogens is 1. The van der Waals surface area contributed by atoms with E-state index < -0.39 is 0 Å². The molecule has 4 N–H and O–H groups in total. The van der Waals surface area contributed by atoms with Gasteiger partial charge in [0.25, 0.3) is 0 Å². The normalized spacial score (nSPS) is 14.0. The highest BCUT2D eigenvalue weighted by Crippen LogP contribution is 2.09. The van der Waals surface area contributed by atoms with Crippen LogP contribution in [0.15, 0.2) is 10.5 Å². The Bertz CT molecular complexity index is 350. The molecule has 90 valence electrons. The first kappa shape index (κ1) is 12.9. The fraction of sp³-hybridized carbons (Fsp3) is 0.600. The summed E-state index contributed by atoms with van der Waals surface area (Å²) < 4.78 is 0. The smallest absolute Gasteiger partial charge is 0.140 e. The Balaban J connectivity index is 2.39. The van der Waals surface area contributed by atoms with Crippen molar-refractivity contribution in [2.45, 2.75) is 39.3 Å². The summed E-state index contributed by atoms with van der Waals surface area (Å²) in [5.41, 5.74) is 6.52. The molecule has 0 saturated heterocycles. The van der Waals surface area contributed by atoms with Gasteiger partial charge in [0.1, 0.15) is 10.8 Å². The highest BCUT2D eigenvalue weighted by atomic mass is 32.1. The Kier molecular flexibility index (Phi) is 5.21. The van der Waals surface area contributed by atoms with Crippen LogP contribution in [0.3, 0.4) is 0 Å². The van der Waals surface area contributed by atoms with Gasteiger partial charge >= 0.3 is 0 Å². The molecule has 0 aliphatic heterocycles. The lowest BCUT2D eigenvalue weighted by Crippen LogP contribution is -2.32. The molecule has 1 aromatic heterocycles. The monoisotopic (exact) mass is 242 g/mol. The van der Waals surface area contributed by atoms with Crippen LogP contribution < -0.4 is 11.1 Å². The third kappa shape index (κ3) is 4.16. The van der Waals surface area contributed by atoms with Gasteiger partial charge in [-0.15, -0.1) is 11.3 Å². The minimum Gasteiger partial charge on any atom is -0.409 e. The first-order valence-corrected chi connectivity index (χ1v) is 6.14. The molecule has 0 spiro atoms. The minimum absolute atomic E-state index is 0.222. The largest absolute Gasteiger partial charge is 0.409 e. The highest BCUT2D eigenvalue weighted by Gasteiger charge is 2.09. The summed E-state index contributed by atoms with van der Waals surface area (Å²) in [5, 5.41) is 17.9. The van der Waals surface area contributed by atoms with Crippen LogP contribution in [0.4, 0.5) is 0 Å². The van der Waals surface area contributed by atoms with Gasteiger partial charge in [-0.25, -0.2) is 4.98 Å². The zero-order valence-electron chi connectivity index (χ0n) is 9.60. The first-order valence-electron chi connectivity index (χ1n) is 5.26. The molecule has 0 saturated carbocycles. The molecule has 6 heteroatoms. The van der Waals surface area contributed by atoms with Crippen LogP contribution in [0.25, 0.3) is 0 Å². The lowest BCUT2D eigenvalue weighted by atomic mass is 10.1. The van der Waals surface area contributed by atoms with Crippen LogP contribution in [-0.4, -0.2) is 22.1 Å². The Morgan fingerprint density at radius 1 is 1.75 bits per heavy atom. The highest BCUT2D eigenvalue weighted by molar-refractivity contribution is 7.09. The maximum atomic E-state index is 8.49. The summed E-state index contributed by atoms with van der Waals surface area (Å²) in [7, 11) is 0. The van der Waals surface area contributed by atoms with Crippen LogP contribution in [-0.2, 0) is 6.54 Å². The topological polar surface area (TPSA) is 83.5 Å². The molecule has 1 heterocycles. The predicted molar refractivity (Wildman–Crippen MR) is 65.8 cm³/mol. The average molecular weight is 242 g/mol. The quantitative estimate of drug-likeness (QED) is 0.305. The maximum absolute atomic E-state index is 8.49. The number of thiazole rings is 1. The SMILES string of the molecule is CCC(CC(N)=NO)NCc1nc(C)cs1. The van der Waals surface area contributed by atoms with E-state index in [0.29, 0.717) is 6.42 Å². The molecule has 1 unspecified atom stereocenters. The lowest BCUT2D eigenvalue weighted by molar-refractivity contribution is 0.315. The number of amidine groups is 1. The standard InChI is InChI=1S/C10H18N4OS/c1-3-8(4-9(11)14-15)12-5-10-13-7(2)6-16-10/h6,8,12,15H,3-5H2,1-2H3,(H2,11,14). The summed E-state index contributed by atoms with van der Waals surface area (Å²) in [6.45, 7) is 4.78. The number of nitrogens with two attached hydrogens (primary N) is 1. The molecule has 0 aliphatic carbocycles. The van der Waals surface area contributed by atoms with E-state index in [1.165, 1.54) is 0 Å². The fourth-order valence-electron chi connectivity index (χ4n) is 1.37. The fourth-order valence-corrected chi connectivity index (χ4v) is 2.09. The van der Waals surface area contributed by atoms with Gasteiger partial charge in [-0.3, -0.25) is 0 Å². The van der Waals surface area contributed by atoms with Gasteiger partial charge < -0.3 is 16.3 Å². The van der Waals surface area contributed by atoms with Crippen LogP contribution >= 0.6 is 11.3 Å². The van der Waals surface area contributed by atoms with E-state index in [1.54, 1.807) is 11.3 Å². The summed E-state index contributed by atoms with van der Waals surface area (Å²) in [6.07, 6.45) is 1.48. The van der Waals surface area contributed by atoms with E-state index in [4.69, 9.17) is 10.9 Å². The van der Waals surface area contributed by atoms with Crippen molar-refractivity contribution in [3.05, 3.63) is 16.1 Å². The zero-order valence-corrected chi connectivity index (χ0v) is 10.4. The van der Waals surface area contributed by atoms with Crippen molar-refractivity contribution in [2.24, 2.45) is 10.9 Å². The molecule has 0 amide bonds. The molecule has 0 fully saturated rings. The Morgan fingerprint density at radius 3 is 3.00 bits per heavy atom. The van der Waals surface area contributed by atoms with Gasteiger partial charge in [-0.1, -0.05) is 12.1 Å². The predicted octanol–water partition coefficient (Wildman–Crippen LogP) is 1.46. The van der Waals surface area contributed by atoms with Crippen LogP contribution in [0.5, 0.6) is 0 Å². The molecule has 16 heavy (non-hydrogen) atoms.